The van der Waals surface area contributed by atoms with Gasteiger partial charge in [-0.2, -0.15) is 13.2 Å². The lowest BCUT2D eigenvalue weighted by Gasteiger charge is -2.34. The molecule has 1 aliphatic rings. The molecule has 0 aliphatic carbocycles. The number of alkyl halides is 3. The van der Waals surface area contributed by atoms with Gasteiger partial charge in [-0.1, -0.05) is 0 Å². The topological polar surface area (TPSA) is 31.6 Å². The van der Waals surface area contributed by atoms with Gasteiger partial charge in [-0.25, -0.2) is 0 Å². The van der Waals surface area contributed by atoms with Crippen LogP contribution in [0.3, 0.4) is 0 Å². The van der Waals surface area contributed by atoms with Crippen molar-refractivity contribution in [1.29, 1.82) is 0 Å². The molecule has 2 heterocycles. The first-order valence-corrected chi connectivity index (χ1v) is 7.11. The molecule has 0 spiro atoms. The first-order valence-electron chi connectivity index (χ1n) is 7.11. The maximum atomic E-state index is 12.3. The standard InChI is InChI=1S/C14H22F3N3O/c1-11-12(7-13(21-11)8-18-2)9-19-3-5-20(6-4-19)10-14(15,16)17/h7,18H,3-6,8-10H2,1-2H3. The Kier molecular flexibility index (Phi) is 5.29. The van der Waals surface area contributed by atoms with E-state index in [1.54, 1.807) is 0 Å². The smallest absolute Gasteiger partial charge is 0.401 e. The lowest BCUT2D eigenvalue weighted by molar-refractivity contribution is -0.149. The van der Waals surface area contributed by atoms with Crippen LogP contribution in [0.2, 0.25) is 0 Å². The monoisotopic (exact) mass is 305 g/mol. The highest BCUT2D eigenvalue weighted by atomic mass is 19.4. The largest absolute Gasteiger partial charge is 0.465 e. The van der Waals surface area contributed by atoms with E-state index in [0.29, 0.717) is 32.7 Å². The highest BCUT2D eigenvalue weighted by Gasteiger charge is 2.32. The van der Waals surface area contributed by atoms with Gasteiger partial charge in [0, 0.05) is 38.3 Å². The fraction of sp³-hybridized carbons (Fsp3) is 0.714. The van der Waals surface area contributed by atoms with E-state index in [1.807, 2.05) is 20.0 Å². The molecule has 1 fully saturated rings. The fourth-order valence-corrected chi connectivity index (χ4v) is 2.61. The van der Waals surface area contributed by atoms with E-state index in [-0.39, 0.29) is 0 Å². The Hall–Kier alpha value is -1.05. The molecule has 0 amide bonds. The van der Waals surface area contributed by atoms with Crippen molar-refractivity contribution >= 4 is 0 Å². The number of piperazine rings is 1. The first-order chi connectivity index (χ1) is 9.87. The van der Waals surface area contributed by atoms with Crippen LogP contribution in [0.15, 0.2) is 10.5 Å². The number of nitrogens with zero attached hydrogens (tertiary/aromatic N) is 2. The predicted octanol–water partition coefficient (Wildman–Crippen LogP) is 1.99. The number of hydrogen-bond donors (Lipinski definition) is 1. The maximum Gasteiger partial charge on any atom is 0.401 e. The Morgan fingerprint density at radius 1 is 1.19 bits per heavy atom. The van der Waals surface area contributed by atoms with Gasteiger partial charge in [0.05, 0.1) is 13.1 Å². The molecule has 1 aromatic rings. The summed E-state index contributed by atoms with van der Waals surface area (Å²) in [7, 11) is 1.86. The summed E-state index contributed by atoms with van der Waals surface area (Å²) in [5.74, 6) is 1.78. The van der Waals surface area contributed by atoms with E-state index in [4.69, 9.17) is 4.42 Å². The minimum Gasteiger partial charge on any atom is -0.465 e. The van der Waals surface area contributed by atoms with Gasteiger partial charge in [0.1, 0.15) is 11.5 Å². The van der Waals surface area contributed by atoms with Crippen LogP contribution in [-0.2, 0) is 13.1 Å². The Labute approximate surface area is 122 Å². The van der Waals surface area contributed by atoms with Gasteiger partial charge >= 0.3 is 6.18 Å². The van der Waals surface area contributed by atoms with Crippen molar-refractivity contribution < 1.29 is 17.6 Å². The van der Waals surface area contributed by atoms with Crippen molar-refractivity contribution in [3.05, 3.63) is 23.2 Å². The zero-order valence-electron chi connectivity index (χ0n) is 12.5. The summed E-state index contributed by atoms with van der Waals surface area (Å²) in [6.07, 6.45) is -4.11. The molecule has 0 unspecified atom stereocenters. The van der Waals surface area contributed by atoms with E-state index in [2.05, 4.69) is 10.2 Å². The average molecular weight is 305 g/mol. The van der Waals surface area contributed by atoms with Crippen LogP contribution < -0.4 is 5.32 Å². The molecule has 0 bridgehead atoms. The van der Waals surface area contributed by atoms with Crippen LogP contribution in [0.5, 0.6) is 0 Å². The van der Waals surface area contributed by atoms with Crippen molar-refractivity contribution in [3.8, 4) is 0 Å². The van der Waals surface area contributed by atoms with Crippen LogP contribution in [0.1, 0.15) is 17.1 Å². The molecule has 120 valence electrons. The summed E-state index contributed by atoms with van der Waals surface area (Å²) < 4.78 is 42.7. The Bertz CT molecular complexity index is 451. The molecule has 7 heteroatoms. The maximum absolute atomic E-state index is 12.3. The number of nitrogens with one attached hydrogen (secondary N) is 1. The van der Waals surface area contributed by atoms with Crippen LogP contribution in [0.4, 0.5) is 13.2 Å². The van der Waals surface area contributed by atoms with Crippen molar-refractivity contribution in [3.63, 3.8) is 0 Å². The van der Waals surface area contributed by atoms with E-state index in [9.17, 15) is 13.2 Å². The third kappa shape index (κ3) is 5.01. The molecule has 21 heavy (non-hydrogen) atoms. The number of rotatable bonds is 5. The number of furan rings is 1. The number of hydrogen-bond acceptors (Lipinski definition) is 4. The van der Waals surface area contributed by atoms with Gasteiger partial charge in [-0.05, 0) is 20.0 Å². The third-order valence-corrected chi connectivity index (χ3v) is 3.68. The number of halogens is 3. The van der Waals surface area contributed by atoms with Crippen LogP contribution in [-0.4, -0.2) is 55.7 Å². The summed E-state index contributed by atoms with van der Waals surface area (Å²) >= 11 is 0. The summed E-state index contributed by atoms with van der Waals surface area (Å²) in [5, 5.41) is 3.04. The Balaban J connectivity index is 1.83. The van der Waals surface area contributed by atoms with Gasteiger partial charge in [0.15, 0.2) is 0 Å². The SMILES string of the molecule is CNCc1cc(CN2CCN(CC(F)(F)F)CC2)c(C)o1. The van der Waals surface area contributed by atoms with E-state index >= 15 is 0 Å². The van der Waals surface area contributed by atoms with Gasteiger partial charge < -0.3 is 9.73 Å². The fourth-order valence-electron chi connectivity index (χ4n) is 2.61. The summed E-state index contributed by atoms with van der Waals surface area (Å²) in [4.78, 5) is 3.64. The van der Waals surface area contributed by atoms with Crippen LogP contribution in [0, 0.1) is 6.92 Å². The Morgan fingerprint density at radius 2 is 1.81 bits per heavy atom. The quantitative estimate of drug-likeness (QED) is 0.901. The van der Waals surface area contributed by atoms with Crippen molar-refractivity contribution in [2.24, 2.45) is 0 Å². The molecule has 0 atom stereocenters. The van der Waals surface area contributed by atoms with Gasteiger partial charge in [-0.15, -0.1) is 0 Å². The van der Waals surface area contributed by atoms with E-state index in [0.717, 1.165) is 23.6 Å². The Morgan fingerprint density at radius 3 is 2.38 bits per heavy atom. The predicted molar refractivity (Wildman–Crippen MR) is 74.0 cm³/mol. The highest BCUT2D eigenvalue weighted by molar-refractivity contribution is 5.20. The molecule has 0 saturated carbocycles. The molecular weight excluding hydrogens is 283 g/mol. The lowest BCUT2D eigenvalue weighted by Crippen LogP contribution is -2.48. The normalized spacial score (nSPS) is 18.3. The lowest BCUT2D eigenvalue weighted by atomic mass is 10.2. The third-order valence-electron chi connectivity index (χ3n) is 3.68. The van der Waals surface area contributed by atoms with Crippen LogP contribution in [0.25, 0.3) is 0 Å². The highest BCUT2D eigenvalue weighted by Crippen LogP contribution is 2.20. The van der Waals surface area contributed by atoms with Crippen molar-refractivity contribution in [2.75, 3.05) is 39.8 Å². The molecule has 4 nitrogen and oxygen atoms in total. The molecular formula is C14H22F3N3O. The van der Waals surface area contributed by atoms with Crippen molar-refractivity contribution in [2.45, 2.75) is 26.2 Å². The second-order valence-electron chi connectivity index (χ2n) is 5.49. The van der Waals surface area contributed by atoms with Crippen molar-refractivity contribution in [1.82, 2.24) is 15.1 Å². The minimum absolute atomic E-state index is 0.458. The molecule has 0 radical (unpaired) electrons. The number of aryl methyl sites for hydroxylation is 1. The molecule has 1 aliphatic heterocycles. The van der Waals surface area contributed by atoms with Gasteiger partial charge in [-0.3, -0.25) is 9.80 Å². The van der Waals surface area contributed by atoms with E-state index in [1.165, 1.54) is 4.90 Å². The molecule has 0 aromatic carbocycles. The second-order valence-corrected chi connectivity index (χ2v) is 5.49. The molecule has 1 aromatic heterocycles. The van der Waals surface area contributed by atoms with E-state index < -0.39 is 12.7 Å². The van der Waals surface area contributed by atoms with Gasteiger partial charge in [0.25, 0.3) is 0 Å². The molecule has 1 N–H and O–H groups in total. The molecule has 1 saturated heterocycles. The van der Waals surface area contributed by atoms with Gasteiger partial charge in [0.2, 0.25) is 0 Å². The van der Waals surface area contributed by atoms with Crippen LogP contribution >= 0.6 is 0 Å². The minimum atomic E-state index is -4.11. The summed E-state index contributed by atoms with van der Waals surface area (Å²) in [5.41, 5.74) is 1.12. The molecule has 2 rings (SSSR count). The average Bonchev–Trinajstić information content (AvgIpc) is 2.71. The second kappa shape index (κ2) is 6.81. The summed E-state index contributed by atoms with van der Waals surface area (Å²) in [6.45, 7) is 4.76. The first kappa shape index (κ1) is 16.3. The summed E-state index contributed by atoms with van der Waals surface area (Å²) in [6, 6.07) is 2.02. The zero-order valence-corrected chi connectivity index (χ0v) is 12.5. The zero-order chi connectivity index (χ0) is 15.5.